The van der Waals surface area contributed by atoms with Gasteiger partial charge in [-0.25, -0.2) is 5.01 Å². The molecule has 2 aromatic rings. The van der Waals surface area contributed by atoms with Gasteiger partial charge < -0.3 is 24.6 Å². The van der Waals surface area contributed by atoms with E-state index < -0.39 is 5.41 Å². The molecule has 0 radical (unpaired) electrons. The third kappa shape index (κ3) is 4.11. The Balaban J connectivity index is 1.22. The van der Waals surface area contributed by atoms with Crippen molar-refractivity contribution in [3.05, 3.63) is 35.4 Å². The van der Waals surface area contributed by atoms with Gasteiger partial charge >= 0.3 is 0 Å². The zero-order chi connectivity index (χ0) is 27.5. The molecule has 208 valence electrons. The monoisotopic (exact) mass is 536 g/mol. The zero-order valence-electron chi connectivity index (χ0n) is 22.8. The average molecular weight is 537 g/mol. The molecule has 0 bridgehead atoms. The number of ether oxygens (including phenoxy) is 2. The van der Waals surface area contributed by atoms with E-state index in [-0.39, 0.29) is 41.8 Å². The maximum atomic E-state index is 13.7. The fraction of sp³-hybridized carbons (Fsp3) is 0.552. The fourth-order valence-corrected chi connectivity index (χ4v) is 6.66. The Morgan fingerprint density at radius 2 is 1.77 bits per heavy atom. The predicted octanol–water partition coefficient (Wildman–Crippen LogP) is 3.42. The summed E-state index contributed by atoms with van der Waals surface area (Å²) in [6.07, 6.45) is 6.34. The van der Waals surface area contributed by atoms with E-state index in [4.69, 9.17) is 14.6 Å². The van der Waals surface area contributed by atoms with Gasteiger partial charge in [0.2, 0.25) is 5.91 Å². The molecule has 3 aliphatic heterocycles. The number of carbonyl (C=O) groups is 2. The minimum atomic E-state index is -0.801. The van der Waals surface area contributed by atoms with Crippen molar-refractivity contribution in [3.8, 4) is 23.3 Å². The van der Waals surface area contributed by atoms with Gasteiger partial charge in [0.15, 0.2) is 23.3 Å². The lowest BCUT2D eigenvalue weighted by atomic mass is 9.80. The van der Waals surface area contributed by atoms with E-state index in [9.17, 15) is 19.8 Å². The number of rotatable bonds is 5. The highest BCUT2D eigenvalue weighted by molar-refractivity contribution is 6.20. The van der Waals surface area contributed by atoms with Crippen LogP contribution in [0.5, 0.6) is 23.3 Å². The number of methoxy groups -OCH3 is 1. The van der Waals surface area contributed by atoms with Crippen molar-refractivity contribution in [1.82, 2.24) is 14.5 Å². The molecule has 4 heterocycles. The molecule has 39 heavy (non-hydrogen) atoms. The molecule has 6 rings (SSSR count). The number of fused-ring (bicyclic) bond motifs is 1. The first kappa shape index (κ1) is 25.6. The first-order chi connectivity index (χ1) is 18.6. The second kappa shape index (κ2) is 9.20. The number of aromatic nitrogens is 1. The number of hydrogen-bond acceptors (Lipinski definition) is 7. The van der Waals surface area contributed by atoms with Crippen LogP contribution < -0.4 is 9.47 Å². The summed E-state index contributed by atoms with van der Waals surface area (Å²) < 4.78 is 13.4. The van der Waals surface area contributed by atoms with Crippen molar-refractivity contribution in [1.29, 1.82) is 0 Å². The molecule has 2 N–H and O–H groups in total. The highest BCUT2D eigenvalue weighted by Crippen LogP contribution is 2.51. The molecule has 4 aliphatic rings. The predicted molar refractivity (Wildman–Crippen MR) is 143 cm³/mol. The number of hydrazone groups is 1. The molecule has 1 aliphatic carbocycles. The highest BCUT2D eigenvalue weighted by Gasteiger charge is 2.50. The van der Waals surface area contributed by atoms with Crippen LogP contribution in [0.3, 0.4) is 0 Å². The molecule has 1 spiro atoms. The summed E-state index contributed by atoms with van der Waals surface area (Å²) in [5, 5.41) is 26.3. The summed E-state index contributed by atoms with van der Waals surface area (Å²) in [5.41, 5.74) is 1.79. The zero-order valence-corrected chi connectivity index (χ0v) is 22.8. The Morgan fingerprint density at radius 1 is 1.10 bits per heavy atom. The van der Waals surface area contributed by atoms with E-state index in [0.717, 1.165) is 60.4 Å². The van der Waals surface area contributed by atoms with Crippen LogP contribution >= 0.6 is 0 Å². The number of hydrogen-bond donors (Lipinski definition) is 2. The topological polar surface area (TPSA) is 117 Å². The van der Waals surface area contributed by atoms with Crippen molar-refractivity contribution in [2.24, 2.45) is 10.5 Å². The third-order valence-electron chi connectivity index (χ3n) is 8.97. The van der Waals surface area contributed by atoms with E-state index >= 15 is 0 Å². The van der Waals surface area contributed by atoms with Gasteiger partial charge in [-0.15, -0.1) is 0 Å². The van der Waals surface area contributed by atoms with Gasteiger partial charge in [-0.1, -0.05) is 0 Å². The molecule has 10 nitrogen and oxygen atoms in total. The number of amides is 2. The molecule has 1 saturated heterocycles. The third-order valence-corrected chi connectivity index (χ3v) is 8.97. The van der Waals surface area contributed by atoms with Crippen LogP contribution in [0.4, 0.5) is 0 Å². The minimum absolute atomic E-state index is 0.0384. The lowest BCUT2D eigenvalue weighted by Crippen LogP contribution is -2.48. The second-order valence-electron chi connectivity index (χ2n) is 11.8. The van der Waals surface area contributed by atoms with Crippen LogP contribution in [0, 0.1) is 5.41 Å². The van der Waals surface area contributed by atoms with Crippen molar-refractivity contribution in [2.75, 3.05) is 20.2 Å². The molecule has 1 aromatic carbocycles. The Labute approximate surface area is 227 Å². The smallest absolute Gasteiger partial charge is 0.254 e. The van der Waals surface area contributed by atoms with Gasteiger partial charge in [0, 0.05) is 42.8 Å². The van der Waals surface area contributed by atoms with Gasteiger partial charge in [0.1, 0.15) is 12.1 Å². The number of likely N-dealkylation sites (tertiary alicyclic amines) is 1. The van der Waals surface area contributed by atoms with E-state index in [1.807, 2.05) is 26.0 Å². The van der Waals surface area contributed by atoms with Gasteiger partial charge in [-0.3, -0.25) is 14.2 Å². The maximum absolute atomic E-state index is 13.7. The van der Waals surface area contributed by atoms with Gasteiger partial charge in [-0.2, -0.15) is 5.10 Å². The number of nitrogens with zero attached hydrogens (tertiary/aromatic N) is 4. The minimum Gasteiger partial charge on any atom is -0.494 e. The molecule has 10 heteroatoms. The lowest BCUT2D eigenvalue weighted by Gasteiger charge is -2.35. The summed E-state index contributed by atoms with van der Waals surface area (Å²) in [6.45, 7) is 4.66. The first-order valence-electron chi connectivity index (χ1n) is 13.8. The van der Waals surface area contributed by atoms with Crippen molar-refractivity contribution < 1.29 is 29.3 Å². The highest BCUT2D eigenvalue weighted by atomic mass is 16.5. The van der Waals surface area contributed by atoms with Crippen LogP contribution in [0.2, 0.25) is 0 Å². The van der Waals surface area contributed by atoms with Crippen LogP contribution in [-0.2, 0) is 22.6 Å². The van der Waals surface area contributed by atoms with E-state index in [2.05, 4.69) is 0 Å². The summed E-state index contributed by atoms with van der Waals surface area (Å²) in [4.78, 5) is 28.2. The molecule has 0 unspecified atom stereocenters. The van der Waals surface area contributed by atoms with Crippen LogP contribution in [0.15, 0.2) is 29.4 Å². The quantitative estimate of drug-likeness (QED) is 0.605. The molecule has 1 saturated carbocycles. The van der Waals surface area contributed by atoms with Crippen molar-refractivity contribution in [2.45, 2.75) is 77.0 Å². The fourth-order valence-electron chi connectivity index (χ4n) is 6.66. The summed E-state index contributed by atoms with van der Waals surface area (Å²) in [5.74, 6) is 0.961. The van der Waals surface area contributed by atoms with Crippen LogP contribution in [0.25, 0.3) is 0 Å². The number of benzene rings is 1. The Bertz CT molecular complexity index is 1330. The molecule has 1 aromatic heterocycles. The normalized spacial score (nSPS) is 21.8. The van der Waals surface area contributed by atoms with Crippen molar-refractivity contribution >= 4 is 17.5 Å². The summed E-state index contributed by atoms with van der Waals surface area (Å²) in [6, 6.07) is 6.51. The summed E-state index contributed by atoms with van der Waals surface area (Å²) >= 11 is 0. The van der Waals surface area contributed by atoms with Gasteiger partial charge in [0.25, 0.3) is 5.91 Å². The van der Waals surface area contributed by atoms with E-state index in [0.29, 0.717) is 25.9 Å². The Morgan fingerprint density at radius 3 is 2.41 bits per heavy atom. The second-order valence-corrected chi connectivity index (χ2v) is 11.8. The molecular weight excluding hydrogens is 500 g/mol. The molecule has 2 amide bonds. The number of carbonyl (C=O) groups excluding carboxylic acids is 2. The number of aromatic hydroxyl groups is 2. The summed E-state index contributed by atoms with van der Waals surface area (Å²) in [7, 11) is 1.65. The average Bonchev–Trinajstić information content (AvgIpc) is 3.68. The van der Waals surface area contributed by atoms with E-state index in [1.165, 1.54) is 16.7 Å². The SMILES string of the molecule is COc1ccc(C2=NN(C3CCN(C(=O)Cn4c(O)ccc4O)CC3)C(=O)C2(C)C)c2c1OC1(CCCC1)C2. The van der Waals surface area contributed by atoms with Gasteiger partial charge in [-0.05, 0) is 64.5 Å². The Kier molecular flexibility index (Phi) is 6.04. The number of piperidine rings is 1. The van der Waals surface area contributed by atoms with Crippen LogP contribution in [-0.4, -0.2) is 74.1 Å². The maximum Gasteiger partial charge on any atom is 0.254 e. The molecule has 0 atom stereocenters. The van der Waals surface area contributed by atoms with E-state index in [1.54, 1.807) is 17.0 Å². The molecule has 2 fully saturated rings. The lowest BCUT2D eigenvalue weighted by molar-refractivity contribution is -0.139. The first-order valence-corrected chi connectivity index (χ1v) is 13.8. The van der Waals surface area contributed by atoms with Crippen molar-refractivity contribution in [3.63, 3.8) is 0 Å². The molecular formula is C29H36N4O6. The standard InChI is InChI=1S/C29H36N4O6/c1-28(2)26(19-6-7-21(38-3)25-20(19)16-29(39-25)12-4-5-13-29)30-33(27(28)37)18-10-14-31(15-11-18)24(36)17-32-22(34)8-9-23(32)35/h6-9,18,34-35H,4-5,10-17H2,1-3H3. The van der Waals surface area contributed by atoms with Crippen LogP contribution in [0.1, 0.15) is 63.5 Å². The largest absolute Gasteiger partial charge is 0.494 e. The Hall–Kier alpha value is -3.69. The van der Waals surface area contributed by atoms with Gasteiger partial charge in [0.05, 0.1) is 24.3 Å².